The molecule has 20 atom stereocenters. The Kier molecular flexibility index (Phi) is 48.4. The number of hydrogen-bond donors (Lipinski definition) is 23. The van der Waals surface area contributed by atoms with Gasteiger partial charge in [0.1, 0.15) is 78.3 Å². The molecule has 43 nitrogen and oxygen atoms in total. The van der Waals surface area contributed by atoms with Gasteiger partial charge >= 0.3 is 5.97 Å². The summed E-state index contributed by atoms with van der Waals surface area (Å²) in [7, 11) is 0. The van der Waals surface area contributed by atoms with Crippen molar-refractivity contribution in [3.63, 3.8) is 0 Å². The van der Waals surface area contributed by atoms with Crippen molar-refractivity contribution in [3.05, 3.63) is 29.8 Å². The molecule has 0 aliphatic carbocycles. The summed E-state index contributed by atoms with van der Waals surface area (Å²) < 4.78 is 6.19. The lowest BCUT2D eigenvalue weighted by Crippen LogP contribution is -2.64. The molecular formula is C83H143N19O24. The fourth-order valence-electron chi connectivity index (χ4n) is 15.3. The van der Waals surface area contributed by atoms with Crippen LogP contribution in [-0.2, 0) is 83.1 Å². The number of phenolic OH excluding ortho intramolecular Hbond substituents is 1. The molecule has 43 heteroatoms. The maximum atomic E-state index is 15.2. The standard InChI is InChI=1S/C83H143N19O24/c1-9-10-11-12-13-14-15-16-17-18-19-23-55-42-63(112)93-66(48(5)103)76(118)90-47(4)72(114)92-57(40-52-26-28-53(107)29-27-52)73(115)95-65(46(2)3)81(123)102-45-54(108)41-59(102)74(116)96-68(50(7)105)78(120)97-69(51(8)106)82(124)101-37-30-60(109)71(101)79(121)98-70(61(110)43-62(88)111)75(117)89-44-64(113)94-67(49(6)104)77(119)91-56(83(125)126-55)24-21-35-100(36-22-32-85)80(122)58(25-20-31-84)99(38-33-86)39-34-87/h26-29,46-51,54-61,65-71,103-110H,9-25,30-45,84-87H2,1-8H3,(H2,88,111)(H,89,117)(H,90,118)(H,91,119)(H,92,114)(H,93,112)(H,94,113)(H,95,115)(H,96,116)(H,97,120)(H,98,121)/t47-,48?,49+,50+,51-,54+,55?,56-,57-,58?,59-,60-,61?,65?,66+,67+,68+,69?,70?,71?/m0/s1. The lowest BCUT2D eigenvalue weighted by Gasteiger charge is -2.35. The second-order valence-electron chi connectivity index (χ2n) is 33.4. The number of phenols is 1. The smallest absolute Gasteiger partial charge is 0.328 e. The Bertz CT molecular complexity index is 3670. The molecule has 0 radical (unpaired) electrons. The Morgan fingerprint density at radius 2 is 1.03 bits per heavy atom. The summed E-state index contributed by atoms with van der Waals surface area (Å²) in [5.41, 5.74) is 29.7. The van der Waals surface area contributed by atoms with Crippen molar-refractivity contribution in [3.8, 4) is 5.75 Å². The monoisotopic (exact) mass is 1790 g/mol. The lowest BCUT2D eigenvalue weighted by atomic mass is 9.99. The van der Waals surface area contributed by atoms with Gasteiger partial charge in [0.2, 0.25) is 82.7 Å². The number of primary amides is 1. The third-order valence-corrected chi connectivity index (χ3v) is 22.4. The average Bonchev–Trinajstić information content (AvgIpc) is 1.64. The van der Waals surface area contributed by atoms with E-state index >= 15 is 4.79 Å². The number of benzene rings is 1. The lowest BCUT2D eigenvalue weighted by molar-refractivity contribution is -0.155. The van der Waals surface area contributed by atoms with E-state index in [2.05, 4.69) is 60.1 Å². The summed E-state index contributed by atoms with van der Waals surface area (Å²) in [6.07, 6.45) is -6.27. The Labute approximate surface area is 736 Å². The topological polar surface area (TPSA) is 690 Å². The quantitative estimate of drug-likeness (QED) is 0.0216. The zero-order valence-corrected chi connectivity index (χ0v) is 74.1. The summed E-state index contributed by atoms with van der Waals surface area (Å²) in [4.78, 5) is 221. The van der Waals surface area contributed by atoms with Gasteiger partial charge in [-0.15, -0.1) is 0 Å². The summed E-state index contributed by atoms with van der Waals surface area (Å²) in [6.45, 7) is 9.93. The SMILES string of the molecule is CCCCCCCCCCCCCC1CC(=O)N[C@H](C(C)O)C(=O)N[C@@H](C)C(=O)N[C@@H](Cc2ccc(O)cc2)C(=O)NC(C(C)C)C(=O)N2C[C@H](O)C[C@H]2C(=O)N[C@H]([C@@H](C)O)C(=O)NC([C@H](C)O)C(=O)N2CC[C@H](O)C2C(=O)NC(C(O)CC(N)=O)C(=O)NCC(=O)N[C@H]([C@@H](C)O)C(=O)N[C@@H](CCCN(CCCN)C(=O)C(CCCN)N(CCN)CCN)C(=O)O1. The molecule has 714 valence electrons. The van der Waals surface area contributed by atoms with E-state index in [1.54, 1.807) is 0 Å². The van der Waals surface area contributed by atoms with E-state index in [9.17, 15) is 108 Å². The van der Waals surface area contributed by atoms with E-state index in [1.807, 2.05) is 4.90 Å². The van der Waals surface area contributed by atoms with Crippen LogP contribution in [0.15, 0.2) is 24.3 Å². The zero-order chi connectivity index (χ0) is 94.2. The Morgan fingerprint density at radius 1 is 0.524 bits per heavy atom. The van der Waals surface area contributed by atoms with Gasteiger partial charge in [-0.1, -0.05) is 97.1 Å². The highest BCUT2D eigenvalue weighted by atomic mass is 16.5. The number of aliphatic hydroxyl groups excluding tert-OH is 7. The number of nitrogens with two attached hydrogens (primary N) is 5. The van der Waals surface area contributed by atoms with Crippen molar-refractivity contribution in [2.24, 2.45) is 34.6 Å². The second-order valence-corrected chi connectivity index (χ2v) is 33.4. The van der Waals surface area contributed by atoms with Gasteiger partial charge in [0, 0.05) is 65.2 Å². The molecule has 4 rings (SSSR count). The number of carbonyl (C=O) groups is 15. The highest BCUT2D eigenvalue weighted by Crippen LogP contribution is 2.26. The molecule has 3 saturated heterocycles. The molecule has 0 spiro atoms. The summed E-state index contributed by atoms with van der Waals surface area (Å²) >= 11 is 0. The molecule has 126 heavy (non-hydrogen) atoms. The van der Waals surface area contributed by atoms with Gasteiger partial charge in [-0.2, -0.15) is 0 Å². The number of amides is 14. The maximum Gasteiger partial charge on any atom is 0.328 e. The summed E-state index contributed by atoms with van der Waals surface area (Å²) in [5, 5.41) is 112. The molecule has 3 heterocycles. The second kappa shape index (κ2) is 56.0. The Balaban J connectivity index is 1.91. The van der Waals surface area contributed by atoms with Crippen LogP contribution in [0.25, 0.3) is 0 Å². The first-order chi connectivity index (χ1) is 59.6. The van der Waals surface area contributed by atoms with Gasteiger partial charge in [-0.25, -0.2) is 4.79 Å². The third-order valence-electron chi connectivity index (χ3n) is 22.4. The van der Waals surface area contributed by atoms with E-state index in [1.165, 1.54) is 49.9 Å². The number of cyclic esters (lactones) is 1. The van der Waals surface area contributed by atoms with Crippen LogP contribution in [0.5, 0.6) is 5.75 Å². The minimum Gasteiger partial charge on any atom is -0.508 e. The number of rotatable bonds is 38. The van der Waals surface area contributed by atoms with E-state index < -0.39 is 249 Å². The number of nitrogens with zero attached hydrogens (tertiary/aromatic N) is 4. The number of carbonyl (C=O) groups excluding carboxylic acids is 15. The van der Waals surface area contributed by atoms with E-state index in [0.29, 0.717) is 55.7 Å². The molecule has 28 N–H and O–H groups in total. The van der Waals surface area contributed by atoms with Gasteiger partial charge in [0.05, 0.1) is 68.2 Å². The Morgan fingerprint density at radius 3 is 1.59 bits per heavy atom. The first-order valence-electron chi connectivity index (χ1n) is 44.1. The van der Waals surface area contributed by atoms with Crippen molar-refractivity contribution in [2.75, 3.05) is 72.0 Å². The summed E-state index contributed by atoms with van der Waals surface area (Å²) in [5.74, 6) is -18.0. The number of esters is 1. The van der Waals surface area contributed by atoms with Gasteiger partial charge in [0.25, 0.3) is 0 Å². The first-order valence-corrected chi connectivity index (χ1v) is 44.1. The summed E-state index contributed by atoms with van der Waals surface area (Å²) in [6, 6.07) is -15.7. The van der Waals surface area contributed by atoms with Crippen LogP contribution in [0, 0.1) is 5.92 Å². The van der Waals surface area contributed by atoms with Crippen LogP contribution in [0.3, 0.4) is 0 Å². The molecule has 14 amide bonds. The van der Waals surface area contributed by atoms with Gasteiger partial charge in [-0.05, 0) is 123 Å². The van der Waals surface area contributed by atoms with Gasteiger partial charge in [0.15, 0.2) is 0 Å². The van der Waals surface area contributed by atoms with Crippen LogP contribution < -0.4 is 81.8 Å². The minimum atomic E-state index is -2.27. The fourth-order valence-corrected chi connectivity index (χ4v) is 15.3. The number of unbranched alkanes of at least 4 members (excludes halogenated alkanes) is 10. The predicted octanol–water partition coefficient (Wildman–Crippen LogP) is -6.93. The van der Waals surface area contributed by atoms with Crippen molar-refractivity contribution in [1.82, 2.24) is 72.8 Å². The van der Waals surface area contributed by atoms with Crippen LogP contribution in [0.2, 0.25) is 0 Å². The van der Waals surface area contributed by atoms with Crippen molar-refractivity contribution in [2.45, 2.75) is 318 Å². The number of nitrogens with one attached hydrogen (secondary N) is 10. The molecule has 0 saturated carbocycles. The highest BCUT2D eigenvalue weighted by Gasteiger charge is 2.49. The molecule has 0 aromatic heterocycles. The predicted molar refractivity (Wildman–Crippen MR) is 458 cm³/mol. The van der Waals surface area contributed by atoms with E-state index in [4.69, 9.17) is 33.4 Å². The molecule has 3 fully saturated rings. The molecule has 3 aliphatic heterocycles. The maximum absolute atomic E-state index is 15.2. The van der Waals surface area contributed by atoms with E-state index in [-0.39, 0.29) is 83.0 Å². The van der Waals surface area contributed by atoms with Crippen molar-refractivity contribution in [1.29, 1.82) is 0 Å². The van der Waals surface area contributed by atoms with Crippen molar-refractivity contribution >= 4 is 88.7 Å². The molecule has 1 aromatic rings. The first kappa shape index (κ1) is 109. The number of ether oxygens (including phenoxy) is 1. The molecule has 1 aromatic carbocycles. The van der Waals surface area contributed by atoms with Crippen LogP contribution in [0.4, 0.5) is 0 Å². The highest BCUT2D eigenvalue weighted by molar-refractivity contribution is 6.00. The van der Waals surface area contributed by atoms with Crippen LogP contribution in [-0.4, -0.2) is 342 Å². The van der Waals surface area contributed by atoms with E-state index in [0.717, 1.165) is 90.4 Å². The minimum absolute atomic E-state index is 0.00341. The zero-order valence-electron chi connectivity index (χ0n) is 74.1. The fraction of sp³-hybridized carbons (Fsp3) is 0.747. The average molecular weight is 1790 g/mol. The Hall–Kier alpha value is -9.41. The number of aliphatic hydroxyl groups is 7. The largest absolute Gasteiger partial charge is 0.508 e. The third kappa shape index (κ3) is 35.7. The normalized spacial score (nSPS) is 26.1. The van der Waals surface area contributed by atoms with Crippen LogP contribution in [0.1, 0.15) is 196 Å². The molecule has 8 unspecified atom stereocenters. The molecule has 3 aliphatic rings. The van der Waals surface area contributed by atoms with Crippen LogP contribution >= 0.6 is 0 Å². The molecule has 0 bridgehead atoms. The number of fused-ring (bicyclic) bond motifs is 2. The number of aromatic hydroxyl groups is 1. The van der Waals surface area contributed by atoms with Gasteiger partial charge < -0.3 is 142 Å². The van der Waals surface area contributed by atoms with Crippen molar-refractivity contribution < 1.29 is 118 Å². The van der Waals surface area contributed by atoms with Gasteiger partial charge in [-0.3, -0.25) is 72.0 Å². The number of hydrogen-bond acceptors (Lipinski definition) is 29. The molecular weight excluding hydrogens is 1650 g/mol.